The standard InChI is InChI=1S/C12H16ClN5O/c1-3-17-5-4-6-18-9(7-17)10(13)11(15-18)12-14-8(2)16-19-12/h3-7H2,1-2H3. The van der Waals surface area contributed by atoms with Crippen molar-refractivity contribution in [2.75, 3.05) is 13.1 Å². The second-order valence-electron chi connectivity index (χ2n) is 4.70. The number of nitrogens with zero attached hydrogens (tertiary/aromatic N) is 5. The van der Waals surface area contributed by atoms with Crippen LogP contribution in [0, 0.1) is 6.92 Å². The molecule has 102 valence electrons. The number of hydrogen-bond acceptors (Lipinski definition) is 5. The Morgan fingerprint density at radius 3 is 2.89 bits per heavy atom. The van der Waals surface area contributed by atoms with Crippen LogP contribution >= 0.6 is 11.6 Å². The minimum absolute atomic E-state index is 0.395. The first-order valence-corrected chi connectivity index (χ1v) is 6.85. The van der Waals surface area contributed by atoms with Gasteiger partial charge < -0.3 is 4.52 Å². The number of aromatic nitrogens is 4. The monoisotopic (exact) mass is 281 g/mol. The molecule has 0 amide bonds. The molecule has 0 fully saturated rings. The molecule has 6 nitrogen and oxygen atoms in total. The summed E-state index contributed by atoms with van der Waals surface area (Å²) in [6.07, 6.45) is 1.07. The van der Waals surface area contributed by atoms with Gasteiger partial charge in [0.25, 0.3) is 5.89 Å². The van der Waals surface area contributed by atoms with E-state index < -0.39 is 0 Å². The molecule has 1 aliphatic heterocycles. The molecule has 0 bridgehead atoms. The van der Waals surface area contributed by atoms with Gasteiger partial charge in [-0.3, -0.25) is 9.58 Å². The van der Waals surface area contributed by atoms with Crippen LogP contribution in [-0.4, -0.2) is 37.9 Å². The summed E-state index contributed by atoms with van der Waals surface area (Å²) < 4.78 is 7.12. The Morgan fingerprint density at radius 2 is 2.21 bits per heavy atom. The van der Waals surface area contributed by atoms with Crippen LogP contribution < -0.4 is 0 Å². The quantitative estimate of drug-likeness (QED) is 0.844. The highest BCUT2D eigenvalue weighted by Gasteiger charge is 2.24. The van der Waals surface area contributed by atoms with Gasteiger partial charge in [0, 0.05) is 19.6 Å². The topological polar surface area (TPSA) is 60.0 Å². The van der Waals surface area contributed by atoms with Crippen LogP contribution in [0.3, 0.4) is 0 Å². The molecule has 7 heteroatoms. The van der Waals surface area contributed by atoms with E-state index in [1.807, 2.05) is 4.68 Å². The number of aryl methyl sites for hydroxylation is 2. The average Bonchev–Trinajstić information content (AvgIpc) is 2.87. The van der Waals surface area contributed by atoms with Crippen molar-refractivity contribution in [3.05, 3.63) is 16.5 Å². The highest BCUT2D eigenvalue weighted by Crippen LogP contribution is 2.31. The maximum Gasteiger partial charge on any atom is 0.279 e. The minimum Gasteiger partial charge on any atom is -0.332 e. The Morgan fingerprint density at radius 1 is 1.37 bits per heavy atom. The minimum atomic E-state index is 0.395. The predicted molar refractivity (Wildman–Crippen MR) is 70.8 cm³/mol. The summed E-state index contributed by atoms with van der Waals surface area (Å²) >= 11 is 6.44. The van der Waals surface area contributed by atoms with E-state index in [-0.39, 0.29) is 0 Å². The first-order chi connectivity index (χ1) is 9.19. The molecule has 1 aliphatic rings. The van der Waals surface area contributed by atoms with Gasteiger partial charge in [0.1, 0.15) is 0 Å². The fourth-order valence-electron chi connectivity index (χ4n) is 2.35. The molecule has 0 atom stereocenters. The average molecular weight is 282 g/mol. The van der Waals surface area contributed by atoms with Crippen molar-refractivity contribution in [2.24, 2.45) is 0 Å². The molecular weight excluding hydrogens is 266 g/mol. The van der Waals surface area contributed by atoms with Gasteiger partial charge in [0.05, 0.1) is 10.7 Å². The summed E-state index contributed by atoms with van der Waals surface area (Å²) in [7, 11) is 0. The molecule has 19 heavy (non-hydrogen) atoms. The maximum absolute atomic E-state index is 6.44. The highest BCUT2D eigenvalue weighted by molar-refractivity contribution is 6.33. The van der Waals surface area contributed by atoms with Crippen molar-refractivity contribution >= 4 is 11.6 Å². The zero-order valence-electron chi connectivity index (χ0n) is 11.1. The van der Waals surface area contributed by atoms with Crippen LogP contribution in [0.2, 0.25) is 5.02 Å². The molecule has 2 aromatic heterocycles. The van der Waals surface area contributed by atoms with E-state index in [4.69, 9.17) is 16.1 Å². The van der Waals surface area contributed by atoms with Crippen molar-refractivity contribution < 1.29 is 4.52 Å². The molecule has 3 rings (SSSR count). The van der Waals surface area contributed by atoms with E-state index in [0.29, 0.717) is 22.4 Å². The Balaban J connectivity index is 2.01. The van der Waals surface area contributed by atoms with Crippen LogP contribution in [-0.2, 0) is 13.1 Å². The number of fused-ring (bicyclic) bond motifs is 1. The van der Waals surface area contributed by atoms with E-state index in [0.717, 1.165) is 38.3 Å². The van der Waals surface area contributed by atoms with Crippen LogP contribution in [0.1, 0.15) is 24.9 Å². The largest absolute Gasteiger partial charge is 0.332 e. The van der Waals surface area contributed by atoms with E-state index in [1.165, 1.54) is 0 Å². The van der Waals surface area contributed by atoms with E-state index in [1.54, 1.807) is 6.92 Å². The van der Waals surface area contributed by atoms with Crippen molar-refractivity contribution in [1.29, 1.82) is 0 Å². The zero-order chi connectivity index (χ0) is 13.4. The van der Waals surface area contributed by atoms with Gasteiger partial charge >= 0.3 is 0 Å². The van der Waals surface area contributed by atoms with Gasteiger partial charge in [-0.05, 0) is 19.9 Å². The molecule has 0 aliphatic carbocycles. The number of rotatable bonds is 2. The van der Waals surface area contributed by atoms with Crippen molar-refractivity contribution in [2.45, 2.75) is 33.4 Å². The Bertz CT molecular complexity index is 591. The van der Waals surface area contributed by atoms with Crippen molar-refractivity contribution in [3.8, 4) is 11.6 Å². The molecule has 0 saturated heterocycles. The summed E-state index contributed by atoms with van der Waals surface area (Å²) in [5, 5.41) is 8.94. The van der Waals surface area contributed by atoms with Gasteiger partial charge in [-0.25, -0.2) is 0 Å². The second kappa shape index (κ2) is 4.94. The third-order valence-electron chi connectivity index (χ3n) is 3.39. The molecular formula is C12H16ClN5O. The van der Waals surface area contributed by atoms with Gasteiger partial charge in [-0.1, -0.05) is 23.7 Å². The van der Waals surface area contributed by atoms with Gasteiger partial charge in [-0.2, -0.15) is 10.1 Å². The van der Waals surface area contributed by atoms with E-state index in [9.17, 15) is 0 Å². The number of halogens is 1. The maximum atomic E-state index is 6.44. The Labute approximate surface area is 116 Å². The molecule has 0 N–H and O–H groups in total. The zero-order valence-corrected chi connectivity index (χ0v) is 11.8. The summed E-state index contributed by atoms with van der Waals surface area (Å²) in [6, 6.07) is 0. The third kappa shape index (κ3) is 2.26. The summed E-state index contributed by atoms with van der Waals surface area (Å²) in [4.78, 5) is 6.55. The lowest BCUT2D eigenvalue weighted by Crippen LogP contribution is -2.22. The lowest BCUT2D eigenvalue weighted by molar-refractivity contribution is 0.284. The van der Waals surface area contributed by atoms with Crippen LogP contribution in [0.4, 0.5) is 0 Å². The molecule has 0 saturated carbocycles. The van der Waals surface area contributed by atoms with E-state index >= 15 is 0 Å². The van der Waals surface area contributed by atoms with Gasteiger partial charge in [0.15, 0.2) is 11.5 Å². The summed E-state index contributed by atoms with van der Waals surface area (Å²) in [6.45, 7) is 7.71. The molecule has 0 radical (unpaired) electrons. The second-order valence-corrected chi connectivity index (χ2v) is 5.08. The fraction of sp³-hybridized carbons (Fsp3) is 0.583. The fourth-order valence-corrected chi connectivity index (χ4v) is 2.62. The lowest BCUT2D eigenvalue weighted by atomic mass is 10.3. The smallest absolute Gasteiger partial charge is 0.279 e. The van der Waals surface area contributed by atoms with Crippen LogP contribution in [0.25, 0.3) is 11.6 Å². The van der Waals surface area contributed by atoms with Gasteiger partial charge in [0.2, 0.25) is 0 Å². The van der Waals surface area contributed by atoms with E-state index in [2.05, 4.69) is 27.1 Å². The lowest BCUT2D eigenvalue weighted by Gasteiger charge is -2.16. The van der Waals surface area contributed by atoms with Gasteiger partial charge in [-0.15, -0.1) is 0 Å². The predicted octanol–water partition coefficient (Wildman–Crippen LogP) is 2.12. The molecule has 2 aromatic rings. The first kappa shape index (κ1) is 12.6. The van der Waals surface area contributed by atoms with Crippen molar-refractivity contribution in [3.63, 3.8) is 0 Å². The normalized spacial score (nSPS) is 16.4. The van der Waals surface area contributed by atoms with Crippen molar-refractivity contribution in [1.82, 2.24) is 24.8 Å². The number of hydrogen-bond donors (Lipinski definition) is 0. The Hall–Kier alpha value is -1.40. The molecule has 3 heterocycles. The third-order valence-corrected chi connectivity index (χ3v) is 3.79. The SMILES string of the molecule is CCN1CCCn2nc(-c3nc(C)no3)c(Cl)c2C1. The van der Waals surface area contributed by atoms with Crippen LogP contribution in [0.5, 0.6) is 0 Å². The first-order valence-electron chi connectivity index (χ1n) is 6.47. The molecule has 0 spiro atoms. The Kier molecular flexibility index (Phi) is 3.28. The molecule has 0 aromatic carbocycles. The summed E-state index contributed by atoms with van der Waals surface area (Å²) in [5.41, 5.74) is 1.63. The molecule has 0 unspecified atom stereocenters. The summed E-state index contributed by atoms with van der Waals surface area (Å²) in [5.74, 6) is 0.982. The highest BCUT2D eigenvalue weighted by atomic mass is 35.5. The van der Waals surface area contributed by atoms with Crippen LogP contribution in [0.15, 0.2) is 4.52 Å².